The molecule has 1 N–H and O–H groups in total. The number of imide groups is 1. The lowest BCUT2D eigenvalue weighted by Gasteiger charge is -2.35. The van der Waals surface area contributed by atoms with E-state index in [1.165, 1.54) is 25.7 Å². The van der Waals surface area contributed by atoms with Crippen molar-refractivity contribution in [1.29, 1.82) is 0 Å². The third-order valence-corrected chi connectivity index (χ3v) is 4.49. The average Bonchev–Trinajstić information content (AvgIpc) is 2.89. The molecule has 4 nitrogen and oxygen atoms in total. The maximum atomic E-state index is 12.0. The lowest BCUT2D eigenvalue weighted by molar-refractivity contribution is -0.127. The van der Waals surface area contributed by atoms with Gasteiger partial charge < -0.3 is 4.90 Å². The minimum Gasteiger partial charge on any atom is -0.309 e. The van der Waals surface area contributed by atoms with Crippen LogP contribution in [-0.4, -0.2) is 28.9 Å². The minimum absolute atomic E-state index is 0.106. The summed E-state index contributed by atoms with van der Waals surface area (Å²) in [6.07, 6.45) is 6.32. The molecular weight excluding hydrogens is 216 g/mol. The molecule has 1 aliphatic carbocycles. The Morgan fingerprint density at radius 2 is 1.82 bits per heavy atom. The van der Waals surface area contributed by atoms with Crippen LogP contribution in [0.25, 0.3) is 0 Å². The number of nitrogens with zero attached hydrogens (tertiary/aromatic N) is 1. The highest BCUT2D eigenvalue weighted by molar-refractivity contribution is 6.06. The van der Waals surface area contributed by atoms with Crippen molar-refractivity contribution < 1.29 is 9.59 Å². The average molecular weight is 238 g/mol. The normalized spacial score (nSPS) is 24.5. The van der Waals surface area contributed by atoms with E-state index in [0.717, 1.165) is 6.54 Å². The van der Waals surface area contributed by atoms with E-state index in [1.54, 1.807) is 4.90 Å². The van der Waals surface area contributed by atoms with Crippen molar-refractivity contribution in [3.8, 4) is 0 Å². The first-order valence-corrected chi connectivity index (χ1v) is 6.77. The zero-order chi connectivity index (χ0) is 12.5. The van der Waals surface area contributed by atoms with Crippen LogP contribution in [-0.2, 0) is 4.79 Å². The quantitative estimate of drug-likeness (QED) is 0.764. The van der Waals surface area contributed by atoms with Gasteiger partial charge in [-0.2, -0.15) is 0 Å². The van der Waals surface area contributed by atoms with Crippen molar-refractivity contribution in [1.82, 2.24) is 10.2 Å². The predicted octanol–water partition coefficient (Wildman–Crippen LogP) is 2.29. The highest BCUT2D eigenvalue weighted by Gasteiger charge is 2.50. The van der Waals surface area contributed by atoms with Gasteiger partial charge in [0.25, 0.3) is 5.91 Å². The van der Waals surface area contributed by atoms with Crippen molar-refractivity contribution in [3.05, 3.63) is 0 Å². The number of rotatable bonds is 4. The van der Waals surface area contributed by atoms with E-state index in [1.807, 2.05) is 13.8 Å². The highest BCUT2D eigenvalue weighted by atomic mass is 16.2. The van der Waals surface area contributed by atoms with Gasteiger partial charge in [0.2, 0.25) is 0 Å². The SMILES string of the molecule is CCC1(CC)C(=O)NC(=O)N1CC1CCCC1. The van der Waals surface area contributed by atoms with Gasteiger partial charge in [0.15, 0.2) is 0 Å². The first kappa shape index (κ1) is 12.4. The van der Waals surface area contributed by atoms with Gasteiger partial charge in [-0.15, -0.1) is 0 Å². The number of hydrogen-bond donors (Lipinski definition) is 1. The molecule has 4 heteroatoms. The second-order valence-electron chi connectivity index (χ2n) is 5.26. The Hall–Kier alpha value is -1.06. The van der Waals surface area contributed by atoms with Crippen LogP contribution in [0.1, 0.15) is 52.4 Å². The Morgan fingerprint density at radius 3 is 2.35 bits per heavy atom. The van der Waals surface area contributed by atoms with Gasteiger partial charge in [0, 0.05) is 6.54 Å². The summed E-state index contributed by atoms with van der Waals surface area (Å²) in [5.41, 5.74) is -0.584. The van der Waals surface area contributed by atoms with E-state index < -0.39 is 5.54 Å². The molecule has 0 radical (unpaired) electrons. The fourth-order valence-corrected chi connectivity index (χ4v) is 3.26. The Labute approximate surface area is 103 Å². The fourth-order valence-electron chi connectivity index (χ4n) is 3.26. The Bertz CT molecular complexity index is 317. The maximum Gasteiger partial charge on any atom is 0.325 e. The molecule has 1 saturated carbocycles. The Kier molecular flexibility index (Phi) is 3.40. The van der Waals surface area contributed by atoms with E-state index in [9.17, 15) is 9.59 Å². The topological polar surface area (TPSA) is 49.4 Å². The van der Waals surface area contributed by atoms with E-state index in [4.69, 9.17) is 0 Å². The molecule has 1 aliphatic heterocycles. The zero-order valence-corrected chi connectivity index (χ0v) is 10.8. The van der Waals surface area contributed by atoms with Crippen LogP contribution in [0.2, 0.25) is 0 Å². The van der Waals surface area contributed by atoms with Gasteiger partial charge in [0.05, 0.1) is 0 Å². The summed E-state index contributed by atoms with van der Waals surface area (Å²) < 4.78 is 0. The molecule has 3 amide bonds. The number of hydrogen-bond acceptors (Lipinski definition) is 2. The summed E-state index contributed by atoms with van der Waals surface area (Å²) in [6.45, 7) is 4.73. The first-order chi connectivity index (χ1) is 8.14. The van der Waals surface area contributed by atoms with Gasteiger partial charge in [-0.05, 0) is 31.6 Å². The van der Waals surface area contributed by atoms with Crippen LogP contribution in [0, 0.1) is 5.92 Å². The molecule has 0 aromatic rings. The van der Waals surface area contributed by atoms with Crippen LogP contribution >= 0.6 is 0 Å². The molecule has 1 heterocycles. The van der Waals surface area contributed by atoms with Crippen LogP contribution in [0.3, 0.4) is 0 Å². The molecule has 2 fully saturated rings. The molecule has 0 aromatic carbocycles. The predicted molar refractivity (Wildman–Crippen MR) is 65.5 cm³/mol. The zero-order valence-electron chi connectivity index (χ0n) is 10.8. The Morgan fingerprint density at radius 1 is 1.24 bits per heavy atom. The lowest BCUT2D eigenvalue weighted by atomic mass is 9.90. The second-order valence-corrected chi connectivity index (χ2v) is 5.26. The summed E-state index contributed by atoms with van der Waals surface area (Å²) in [4.78, 5) is 25.7. The summed E-state index contributed by atoms with van der Waals surface area (Å²) >= 11 is 0. The number of urea groups is 1. The van der Waals surface area contributed by atoms with Gasteiger partial charge in [0.1, 0.15) is 5.54 Å². The number of carbonyl (C=O) groups is 2. The molecule has 0 spiro atoms. The van der Waals surface area contributed by atoms with E-state index in [0.29, 0.717) is 18.8 Å². The largest absolute Gasteiger partial charge is 0.325 e. The molecule has 0 aromatic heterocycles. The standard InChI is InChI=1S/C13H22N2O2/c1-3-13(4-2)11(16)14-12(17)15(13)9-10-7-5-6-8-10/h10H,3-9H2,1-2H3,(H,14,16,17). The molecule has 96 valence electrons. The fraction of sp³-hybridized carbons (Fsp3) is 0.846. The van der Waals surface area contributed by atoms with Crippen LogP contribution in [0.15, 0.2) is 0 Å². The van der Waals surface area contributed by atoms with Gasteiger partial charge in [-0.3, -0.25) is 10.1 Å². The lowest BCUT2D eigenvalue weighted by Crippen LogP contribution is -2.50. The smallest absolute Gasteiger partial charge is 0.309 e. The van der Waals surface area contributed by atoms with E-state index in [-0.39, 0.29) is 11.9 Å². The molecular formula is C13H22N2O2. The van der Waals surface area contributed by atoms with Crippen LogP contribution in [0.4, 0.5) is 4.79 Å². The molecule has 2 rings (SSSR count). The van der Waals surface area contributed by atoms with Crippen molar-refractivity contribution in [2.24, 2.45) is 5.92 Å². The van der Waals surface area contributed by atoms with E-state index in [2.05, 4.69) is 5.32 Å². The van der Waals surface area contributed by atoms with Crippen LogP contribution in [0.5, 0.6) is 0 Å². The van der Waals surface area contributed by atoms with Gasteiger partial charge in [-0.1, -0.05) is 26.7 Å². The van der Waals surface area contributed by atoms with Crippen molar-refractivity contribution in [2.45, 2.75) is 57.9 Å². The highest BCUT2D eigenvalue weighted by Crippen LogP contribution is 2.33. The second kappa shape index (κ2) is 4.67. The molecule has 2 aliphatic rings. The molecule has 0 unspecified atom stereocenters. The van der Waals surface area contributed by atoms with Gasteiger partial charge >= 0.3 is 6.03 Å². The van der Waals surface area contributed by atoms with Gasteiger partial charge in [-0.25, -0.2) is 4.79 Å². The Balaban J connectivity index is 2.16. The molecule has 1 saturated heterocycles. The molecule has 17 heavy (non-hydrogen) atoms. The third-order valence-electron chi connectivity index (χ3n) is 4.49. The number of carbonyl (C=O) groups excluding carboxylic acids is 2. The van der Waals surface area contributed by atoms with Crippen molar-refractivity contribution in [3.63, 3.8) is 0 Å². The monoisotopic (exact) mass is 238 g/mol. The summed E-state index contributed by atoms with van der Waals surface area (Å²) in [6, 6.07) is -0.189. The first-order valence-electron chi connectivity index (χ1n) is 6.77. The molecule has 0 atom stereocenters. The number of amides is 3. The maximum absolute atomic E-state index is 12.0. The summed E-state index contributed by atoms with van der Waals surface area (Å²) in [5.74, 6) is 0.481. The molecule has 0 bridgehead atoms. The third kappa shape index (κ3) is 1.94. The van der Waals surface area contributed by atoms with E-state index >= 15 is 0 Å². The summed E-state index contributed by atoms with van der Waals surface area (Å²) in [7, 11) is 0. The minimum atomic E-state index is -0.584. The van der Waals surface area contributed by atoms with Crippen molar-refractivity contribution in [2.75, 3.05) is 6.54 Å². The van der Waals surface area contributed by atoms with Crippen molar-refractivity contribution >= 4 is 11.9 Å². The number of nitrogens with one attached hydrogen (secondary N) is 1. The summed E-state index contributed by atoms with van der Waals surface area (Å²) in [5, 5.41) is 2.48. The van der Waals surface area contributed by atoms with Crippen LogP contribution < -0.4 is 5.32 Å².